The molecule has 110 valence electrons. The van der Waals surface area contributed by atoms with E-state index in [9.17, 15) is 22.4 Å². The highest BCUT2D eigenvalue weighted by atomic mass is 19.4. The number of hydrogen-bond donors (Lipinski definition) is 0. The summed E-state index contributed by atoms with van der Waals surface area (Å²) in [5.41, 5.74) is -2.38. The second kappa shape index (κ2) is 4.75. The van der Waals surface area contributed by atoms with Crippen LogP contribution in [0.5, 0.6) is 0 Å². The summed E-state index contributed by atoms with van der Waals surface area (Å²) in [7, 11) is 0. The van der Waals surface area contributed by atoms with Gasteiger partial charge in [-0.15, -0.1) is 0 Å². The van der Waals surface area contributed by atoms with Crippen LogP contribution in [0.4, 0.5) is 17.6 Å². The molecule has 0 bridgehead atoms. The van der Waals surface area contributed by atoms with Gasteiger partial charge in [0.2, 0.25) is 0 Å². The summed E-state index contributed by atoms with van der Waals surface area (Å²) in [4.78, 5) is 13.7. The van der Waals surface area contributed by atoms with E-state index >= 15 is 0 Å². The topological polar surface area (TPSA) is 20.3 Å². The van der Waals surface area contributed by atoms with Crippen LogP contribution in [-0.2, 0) is 6.18 Å². The largest absolute Gasteiger partial charge is 0.419 e. The zero-order valence-electron chi connectivity index (χ0n) is 11.2. The predicted molar refractivity (Wildman–Crippen MR) is 65.8 cm³/mol. The summed E-state index contributed by atoms with van der Waals surface area (Å²) in [6.07, 6.45) is -3.29. The van der Waals surface area contributed by atoms with Gasteiger partial charge < -0.3 is 4.90 Å². The molecule has 0 N–H and O–H groups in total. The molecule has 0 unspecified atom stereocenters. The first kappa shape index (κ1) is 14.8. The van der Waals surface area contributed by atoms with Gasteiger partial charge in [0.1, 0.15) is 5.82 Å². The van der Waals surface area contributed by atoms with E-state index < -0.39 is 34.6 Å². The van der Waals surface area contributed by atoms with E-state index in [1.807, 2.05) is 13.8 Å². The summed E-state index contributed by atoms with van der Waals surface area (Å²) in [6.45, 7) is 4.08. The molecular weight excluding hydrogens is 274 g/mol. The molecule has 1 aliphatic heterocycles. The third kappa shape index (κ3) is 2.51. The van der Waals surface area contributed by atoms with E-state index in [-0.39, 0.29) is 0 Å². The van der Waals surface area contributed by atoms with Crippen LogP contribution in [0.3, 0.4) is 0 Å². The van der Waals surface area contributed by atoms with E-state index in [1.54, 1.807) is 0 Å². The summed E-state index contributed by atoms with van der Waals surface area (Å²) in [5.74, 6) is -2.18. The first-order valence-corrected chi connectivity index (χ1v) is 6.32. The maximum Gasteiger partial charge on any atom is 0.419 e. The quantitative estimate of drug-likeness (QED) is 0.719. The van der Waals surface area contributed by atoms with Gasteiger partial charge in [0.25, 0.3) is 5.91 Å². The fourth-order valence-electron chi connectivity index (χ4n) is 2.55. The average molecular weight is 289 g/mol. The van der Waals surface area contributed by atoms with Gasteiger partial charge in [-0.2, -0.15) is 13.2 Å². The van der Waals surface area contributed by atoms with Crippen molar-refractivity contribution in [2.75, 3.05) is 6.54 Å². The normalized spacial score (nSPS) is 18.4. The number of amides is 1. The summed E-state index contributed by atoms with van der Waals surface area (Å²) < 4.78 is 51.9. The monoisotopic (exact) mass is 289 g/mol. The lowest BCUT2D eigenvalue weighted by atomic mass is 10.0. The molecule has 6 heteroatoms. The van der Waals surface area contributed by atoms with Crippen LogP contribution < -0.4 is 0 Å². The van der Waals surface area contributed by atoms with Crippen molar-refractivity contribution in [3.05, 3.63) is 35.1 Å². The number of alkyl halides is 3. The molecule has 1 aromatic carbocycles. The highest BCUT2D eigenvalue weighted by molar-refractivity contribution is 5.95. The minimum atomic E-state index is -4.80. The molecule has 0 saturated carbocycles. The Labute approximate surface area is 114 Å². The molecule has 2 rings (SSSR count). The summed E-state index contributed by atoms with van der Waals surface area (Å²) in [6, 6.07) is 2.80. The third-order valence-corrected chi connectivity index (χ3v) is 3.68. The first-order valence-electron chi connectivity index (χ1n) is 6.32. The summed E-state index contributed by atoms with van der Waals surface area (Å²) in [5, 5.41) is 0. The van der Waals surface area contributed by atoms with Gasteiger partial charge in [-0.1, -0.05) is 6.07 Å². The standard InChI is InChI=1S/C14H15F4NO/c1-13(2)7-4-8-19(13)12(20)9-5-3-6-10(11(9)15)14(16,17)18/h3,5-6H,4,7-8H2,1-2H3. The third-order valence-electron chi connectivity index (χ3n) is 3.68. The van der Waals surface area contributed by atoms with Crippen molar-refractivity contribution in [3.8, 4) is 0 Å². The van der Waals surface area contributed by atoms with E-state index in [4.69, 9.17) is 0 Å². The molecule has 0 aromatic heterocycles. The van der Waals surface area contributed by atoms with Crippen LogP contribution in [0.25, 0.3) is 0 Å². The van der Waals surface area contributed by atoms with Crippen LogP contribution in [0.2, 0.25) is 0 Å². The molecule has 20 heavy (non-hydrogen) atoms. The van der Waals surface area contributed by atoms with Crippen LogP contribution in [0.1, 0.15) is 42.6 Å². The molecule has 1 aliphatic rings. The van der Waals surface area contributed by atoms with Gasteiger partial charge in [-0.05, 0) is 38.8 Å². The minimum Gasteiger partial charge on any atom is -0.333 e. The van der Waals surface area contributed by atoms with E-state index in [1.165, 1.54) is 4.90 Å². The summed E-state index contributed by atoms with van der Waals surface area (Å²) >= 11 is 0. The molecule has 1 aromatic rings. The highest BCUT2D eigenvalue weighted by Gasteiger charge is 2.39. The Morgan fingerprint density at radius 1 is 1.30 bits per heavy atom. The second-order valence-corrected chi connectivity index (χ2v) is 5.54. The number of carbonyl (C=O) groups excluding carboxylic acids is 1. The van der Waals surface area contributed by atoms with E-state index in [2.05, 4.69) is 0 Å². The van der Waals surface area contributed by atoms with Crippen molar-refractivity contribution < 1.29 is 22.4 Å². The fourth-order valence-corrected chi connectivity index (χ4v) is 2.55. The van der Waals surface area contributed by atoms with Gasteiger partial charge >= 0.3 is 6.18 Å². The van der Waals surface area contributed by atoms with E-state index in [0.29, 0.717) is 12.6 Å². The number of benzene rings is 1. The van der Waals surface area contributed by atoms with Gasteiger partial charge in [0, 0.05) is 12.1 Å². The Balaban J connectivity index is 2.41. The van der Waals surface area contributed by atoms with E-state index in [0.717, 1.165) is 25.0 Å². The Morgan fingerprint density at radius 2 is 1.95 bits per heavy atom. The zero-order chi connectivity index (χ0) is 15.1. The smallest absolute Gasteiger partial charge is 0.333 e. The Bertz CT molecular complexity index is 536. The molecule has 0 spiro atoms. The van der Waals surface area contributed by atoms with Gasteiger partial charge in [0.05, 0.1) is 11.1 Å². The zero-order valence-corrected chi connectivity index (χ0v) is 11.2. The molecule has 1 saturated heterocycles. The molecule has 1 heterocycles. The van der Waals surface area contributed by atoms with Crippen molar-refractivity contribution in [1.82, 2.24) is 4.90 Å². The second-order valence-electron chi connectivity index (χ2n) is 5.54. The number of hydrogen-bond acceptors (Lipinski definition) is 1. The van der Waals surface area contributed by atoms with Crippen molar-refractivity contribution in [1.29, 1.82) is 0 Å². The number of nitrogens with zero attached hydrogens (tertiary/aromatic N) is 1. The Kier molecular flexibility index (Phi) is 3.52. The maximum atomic E-state index is 14.0. The van der Waals surface area contributed by atoms with Gasteiger partial charge in [-0.25, -0.2) is 4.39 Å². The van der Waals surface area contributed by atoms with Crippen LogP contribution in [-0.4, -0.2) is 22.9 Å². The molecule has 0 atom stereocenters. The number of carbonyl (C=O) groups is 1. The van der Waals surface area contributed by atoms with Crippen LogP contribution >= 0.6 is 0 Å². The van der Waals surface area contributed by atoms with Gasteiger partial charge in [-0.3, -0.25) is 4.79 Å². The predicted octanol–water partition coefficient (Wildman–Crippen LogP) is 3.86. The first-order chi connectivity index (χ1) is 9.14. The number of halogens is 4. The Hall–Kier alpha value is -1.59. The Morgan fingerprint density at radius 3 is 2.45 bits per heavy atom. The molecule has 1 fully saturated rings. The lowest BCUT2D eigenvalue weighted by molar-refractivity contribution is -0.140. The van der Waals surface area contributed by atoms with Crippen LogP contribution in [0.15, 0.2) is 18.2 Å². The molecule has 0 aliphatic carbocycles. The minimum absolute atomic E-state index is 0.432. The highest BCUT2D eigenvalue weighted by Crippen LogP contribution is 2.34. The van der Waals surface area contributed by atoms with Crippen molar-refractivity contribution in [3.63, 3.8) is 0 Å². The molecular formula is C14H15F4NO. The van der Waals surface area contributed by atoms with Crippen molar-refractivity contribution in [2.24, 2.45) is 0 Å². The molecule has 1 amide bonds. The van der Waals surface area contributed by atoms with Crippen molar-refractivity contribution in [2.45, 2.75) is 38.4 Å². The lowest BCUT2D eigenvalue weighted by Gasteiger charge is -2.32. The average Bonchev–Trinajstić information content (AvgIpc) is 2.67. The van der Waals surface area contributed by atoms with Crippen LogP contribution in [0, 0.1) is 5.82 Å². The SMILES string of the molecule is CC1(C)CCCN1C(=O)c1cccc(C(F)(F)F)c1F. The molecule has 0 radical (unpaired) electrons. The fraction of sp³-hybridized carbons (Fsp3) is 0.500. The van der Waals surface area contributed by atoms with Crippen molar-refractivity contribution >= 4 is 5.91 Å². The number of rotatable bonds is 1. The van der Waals surface area contributed by atoms with Gasteiger partial charge in [0.15, 0.2) is 0 Å². The molecule has 2 nitrogen and oxygen atoms in total. The lowest BCUT2D eigenvalue weighted by Crippen LogP contribution is -2.43. The maximum absolute atomic E-state index is 14.0. The number of likely N-dealkylation sites (tertiary alicyclic amines) is 1.